The maximum absolute atomic E-state index is 11.9. The number of nitrogens with zero attached hydrogens (tertiary/aromatic N) is 2. The first-order valence-corrected chi connectivity index (χ1v) is 10.2. The summed E-state index contributed by atoms with van der Waals surface area (Å²) >= 11 is 5.62. The van der Waals surface area contributed by atoms with E-state index in [9.17, 15) is 4.79 Å². The Labute approximate surface area is 177 Å². The summed E-state index contributed by atoms with van der Waals surface area (Å²) in [6.07, 6.45) is 0. The lowest BCUT2D eigenvalue weighted by Gasteiger charge is -2.42. The van der Waals surface area contributed by atoms with Crippen LogP contribution in [0.5, 0.6) is 5.75 Å². The fraction of sp³-hybridized carbons (Fsp3) is 0.364. The molecule has 2 aromatic rings. The topological polar surface area (TPSA) is 54.0 Å². The molecule has 0 aromatic heterocycles. The number of benzene rings is 2. The van der Waals surface area contributed by atoms with Gasteiger partial charge in [0.15, 0.2) is 5.11 Å². The first-order chi connectivity index (χ1) is 14.0. The third-order valence-electron chi connectivity index (χ3n) is 4.94. The Morgan fingerprint density at radius 2 is 1.97 bits per heavy atom. The third kappa shape index (κ3) is 5.17. The van der Waals surface area contributed by atoms with Gasteiger partial charge >= 0.3 is 5.97 Å². The number of methoxy groups -OCH3 is 1. The van der Waals surface area contributed by atoms with Gasteiger partial charge < -0.3 is 24.6 Å². The van der Waals surface area contributed by atoms with Gasteiger partial charge in [0.2, 0.25) is 0 Å². The molecule has 29 heavy (non-hydrogen) atoms. The smallest absolute Gasteiger partial charge is 0.338 e. The van der Waals surface area contributed by atoms with Crippen molar-refractivity contribution < 1.29 is 14.3 Å². The highest BCUT2D eigenvalue weighted by molar-refractivity contribution is 7.80. The number of hydrogen-bond donors (Lipinski definition) is 1. The van der Waals surface area contributed by atoms with Crippen LogP contribution in [0.2, 0.25) is 0 Å². The van der Waals surface area contributed by atoms with Gasteiger partial charge in [-0.15, -0.1) is 0 Å². The van der Waals surface area contributed by atoms with Crippen molar-refractivity contribution in [3.63, 3.8) is 0 Å². The highest BCUT2D eigenvalue weighted by Gasteiger charge is 2.25. The summed E-state index contributed by atoms with van der Waals surface area (Å²) in [4.78, 5) is 16.5. The molecule has 0 radical (unpaired) electrons. The zero-order valence-corrected chi connectivity index (χ0v) is 17.9. The summed E-state index contributed by atoms with van der Waals surface area (Å²) in [6.45, 7) is 6.85. The number of esters is 1. The van der Waals surface area contributed by atoms with Gasteiger partial charge in [0.05, 0.1) is 19.3 Å². The minimum absolute atomic E-state index is 0.308. The molecule has 1 aliphatic heterocycles. The molecule has 1 aliphatic rings. The van der Waals surface area contributed by atoms with Gasteiger partial charge in [-0.2, -0.15) is 0 Å². The van der Waals surface area contributed by atoms with Crippen LogP contribution in [0.4, 0.5) is 11.4 Å². The van der Waals surface area contributed by atoms with Crippen LogP contribution in [0.3, 0.4) is 0 Å². The third-order valence-corrected chi connectivity index (χ3v) is 5.30. The maximum atomic E-state index is 11.9. The molecular formula is C22H27N3O3S. The van der Waals surface area contributed by atoms with Crippen LogP contribution in [0, 0.1) is 0 Å². The lowest BCUT2D eigenvalue weighted by Crippen LogP contribution is -2.54. The number of anilines is 2. The monoisotopic (exact) mass is 413 g/mol. The Morgan fingerprint density at radius 3 is 2.62 bits per heavy atom. The fourth-order valence-corrected chi connectivity index (χ4v) is 3.72. The molecule has 1 atom stereocenters. The van der Waals surface area contributed by atoms with Crippen molar-refractivity contribution >= 4 is 34.7 Å². The minimum Gasteiger partial charge on any atom is -0.497 e. The van der Waals surface area contributed by atoms with Crippen LogP contribution >= 0.6 is 12.2 Å². The molecule has 6 nitrogen and oxygen atoms in total. The van der Waals surface area contributed by atoms with E-state index in [1.165, 1.54) is 5.69 Å². The molecule has 7 heteroatoms. The molecule has 0 bridgehead atoms. The van der Waals surface area contributed by atoms with Crippen LogP contribution in [0.1, 0.15) is 24.2 Å². The molecule has 1 saturated heterocycles. The molecule has 0 aliphatic carbocycles. The summed E-state index contributed by atoms with van der Waals surface area (Å²) in [6, 6.07) is 15.7. The zero-order valence-electron chi connectivity index (χ0n) is 17.1. The summed E-state index contributed by atoms with van der Waals surface area (Å²) in [5, 5.41) is 3.91. The van der Waals surface area contributed by atoms with E-state index in [4.69, 9.17) is 21.7 Å². The number of carbonyl (C=O) groups is 1. The van der Waals surface area contributed by atoms with Crippen molar-refractivity contribution in [2.45, 2.75) is 19.9 Å². The molecule has 3 rings (SSSR count). The van der Waals surface area contributed by atoms with Crippen molar-refractivity contribution in [2.24, 2.45) is 0 Å². The van der Waals surface area contributed by atoms with Crippen LogP contribution in [-0.2, 0) is 4.74 Å². The van der Waals surface area contributed by atoms with Gasteiger partial charge in [-0.3, -0.25) is 0 Å². The van der Waals surface area contributed by atoms with E-state index >= 15 is 0 Å². The van der Waals surface area contributed by atoms with E-state index in [1.54, 1.807) is 26.2 Å². The standard InChI is InChI=1S/C22H27N3O3S/c1-4-28-21(26)17-6-5-7-18(14-17)23-22(29)24-12-13-25(16(2)15-24)19-8-10-20(27-3)11-9-19/h5-11,14,16H,4,12-13,15H2,1-3H3,(H,23,29). The number of nitrogens with one attached hydrogen (secondary N) is 1. The van der Waals surface area contributed by atoms with E-state index in [0.29, 0.717) is 23.3 Å². The minimum atomic E-state index is -0.330. The molecule has 0 spiro atoms. The Morgan fingerprint density at radius 1 is 1.21 bits per heavy atom. The van der Waals surface area contributed by atoms with Crippen LogP contribution in [0.15, 0.2) is 48.5 Å². The SMILES string of the molecule is CCOC(=O)c1cccc(NC(=S)N2CCN(c3ccc(OC)cc3)C(C)C2)c1. The van der Waals surface area contributed by atoms with Crippen LogP contribution < -0.4 is 15.0 Å². The van der Waals surface area contributed by atoms with Gasteiger partial charge in [-0.05, 0) is 68.5 Å². The van der Waals surface area contributed by atoms with E-state index in [2.05, 4.69) is 34.2 Å². The van der Waals surface area contributed by atoms with Crippen LogP contribution in [-0.4, -0.2) is 55.4 Å². The number of piperazine rings is 1. The average Bonchev–Trinajstić information content (AvgIpc) is 2.74. The van der Waals surface area contributed by atoms with Gasteiger partial charge in [-0.25, -0.2) is 4.79 Å². The van der Waals surface area contributed by atoms with Gasteiger partial charge in [0.25, 0.3) is 0 Å². The number of thiocarbonyl (C=S) groups is 1. The second kappa shape index (κ2) is 9.60. The van der Waals surface area contributed by atoms with Gasteiger partial charge in [-0.1, -0.05) is 6.07 Å². The van der Waals surface area contributed by atoms with E-state index in [0.717, 1.165) is 31.1 Å². The largest absolute Gasteiger partial charge is 0.497 e. The van der Waals surface area contributed by atoms with E-state index in [-0.39, 0.29) is 5.97 Å². The predicted octanol–water partition coefficient (Wildman–Crippen LogP) is 3.78. The van der Waals surface area contributed by atoms with E-state index < -0.39 is 0 Å². The molecular weight excluding hydrogens is 386 g/mol. The lowest BCUT2D eigenvalue weighted by molar-refractivity contribution is 0.0526. The predicted molar refractivity (Wildman–Crippen MR) is 120 cm³/mol. The lowest BCUT2D eigenvalue weighted by atomic mass is 10.1. The second-order valence-corrected chi connectivity index (χ2v) is 7.30. The van der Waals surface area contributed by atoms with Crippen molar-refractivity contribution in [3.05, 3.63) is 54.1 Å². The zero-order chi connectivity index (χ0) is 20.8. The average molecular weight is 414 g/mol. The van der Waals surface area contributed by atoms with Crippen molar-refractivity contribution in [1.29, 1.82) is 0 Å². The van der Waals surface area contributed by atoms with Crippen LogP contribution in [0.25, 0.3) is 0 Å². The molecule has 2 aromatic carbocycles. The maximum Gasteiger partial charge on any atom is 0.338 e. The summed E-state index contributed by atoms with van der Waals surface area (Å²) in [7, 11) is 1.67. The summed E-state index contributed by atoms with van der Waals surface area (Å²) in [5.74, 6) is 0.527. The normalized spacial score (nSPS) is 16.3. The Bertz CT molecular complexity index is 857. The van der Waals surface area contributed by atoms with Crippen molar-refractivity contribution in [2.75, 3.05) is 43.6 Å². The van der Waals surface area contributed by atoms with E-state index in [1.807, 2.05) is 24.3 Å². The van der Waals surface area contributed by atoms with Crippen molar-refractivity contribution in [1.82, 2.24) is 4.90 Å². The first kappa shape index (κ1) is 20.9. The molecule has 1 N–H and O–H groups in total. The molecule has 154 valence electrons. The summed E-state index contributed by atoms with van der Waals surface area (Å²) in [5.41, 5.74) is 2.47. The fourth-order valence-electron chi connectivity index (χ4n) is 3.44. The first-order valence-electron chi connectivity index (χ1n) is 9.75. The Kier molecular flexibility index (Phi) is 6.93. The highest BCUT2D eigenvalue weighted by Crippen LogP contribution is 2.24. The summed E-state index contributed by atoms with van der Waals surface area (Å²) < 4.78 is 10.3. The number of rotatable bonds is 5. The second-order valence-electron chi connectivity index (χ2n) is 6.92. The van der Waals surface area contributed by atoms with Crippen molar-refractivity contribution in [3.8, 4) is 5.75 Å². The highest BCUT2D eigenvalue weighted by atomic mass is 32.1. The molecule has 1 unspecified atom stereocenters. The molecule has 1 heterocycles. The number of ether oxygens (including phenoxy) is 2. The molecule has 0 amide bonds. The molecule has 0 saturated carbocycles. The number of hydrogen-bond acceptors (Lipinski definition) is 5. The number of carbonyl (C=O) groups excluding carboxylic acids is 1. The quantitative estimate of drug-likeness (QED) is 0.591. The van der Waals surface area contributed by atoms with Gasteiger partial charge in [0.1, 0.15) is 5.75 Å². The molecule has 1 fully saturated rings. The van der Waals surface area contributed by atoms with Gasteiger partial charge in [0, 0.05) is 37.1 Å². The Hall–Kier alpha value is -2.80. The Balaban J connectivity index is 1.60.